The largest absolute Gasteiger partial charge is 0.462 e. The van der Waals surface area contributed by atoms with Crippen molar-refractivity contribution in [3.63, 3.8) is 0 Å². The summed E-state index contributed by atoms with van der Waals surface area (Å²) in [5.74, 6) is -0.829. The van der Waals surface area contributed by atoms with Crippen LogP contribution in [0.2, 0.25) is 0 Å². The lowest BCUT2D eigenvalue weighted by Gasteiger charge is -2.18. The summed E-state index contributed by atoms with van der Waals surface area (Å²) in [6.45, 7) is 6.71. The van der Waals surface area contributed by atoms with Crippen LogP contribution in [-0.2, 0) is 28.6 Å². The fraction of sp³-hybridized carbons (Fsp3) is 0.950. The quantitative estimate of drug-likeness (QED) is 0.0343. The van der Waals surface area contributed by atoms with E-state index in [-0.39, 0.29) is 31.1 Å². The first-order valence-corrected chi connectivity index (χ1v) is 30.0. The molecule has 0 saturated carbocycles. The Labute approximate surface area is 412 Å². The third kappa shape index (κ3) is 53.4. The van der Waals surface area contributed by atoms with Crippen LogP contribution < -0.4 is 0 Å². The van der Waals surface area contributed by atoms with Crippen molar-refractivity contribution in [2.45, 2.75) is 354 Å². The topological polar surface area (TPSA) is 78.9 Å². The zero-order valence-corrected chi connectivity index (χ0v) is 45.0. The summed E-state index contributed by atoms with van der Waals surface area (Å²) in [4.78, 5) is 38.2. The van der Waals surface area contributed by atoms with Gasteiger partial charge in [-0.2, -0.15) is 0 Å². The molecule has 0 aliphatic rings. The number of carbonyl (C=O) groups excluding carboxylic acids is 3. The summed E-state index contributed by atoms with van der Waals surface area (Å²) in [6, 6.07) is 0. The van der Waals surface area contributed by atoms with Crippen molar-refractivity contribution >= 4 is 17.9 Å². The second-order valence-corrected chi connectivity index (χ2v) is 20.6. The van der Waals surface area contributed by atoms with Gasteiger partial charge in [-0.05, 0) is 19.3 Å². The predicted molar refractivity (Wildman–Crippen MR) is 284 cm³/mol. The van der Waals surface area contributed by atoms with Gasteiger partial charge >= 0.3 is 17.9 Å². The van der Waals surface area contributed by atoms with E-state index in [2.05, 4.69) is 20.8 Å². The van der Waals surface area contributed by atoms with Crippen molar-refractivity contribution in [3.8, 4) is 0 Å². The second kappa shape index (κ2) is 56.0. The minimum Gasteiger partial charge on any atom is -0.462 e. The number of rotatable bonds is 56. The monoisotopic (exact) mass is 933 g/mol. The number of hydrogen-bond acceptors (Lipinski definition) is 6. The Bertz CT molecular complexity index is 982. The summed E-state index contributed by atoms with van der Waals surface area (Å²) < 4.78 is 16.9. The summed E-state index contributed by atoms with van der Waals surface area (Å²) >= 11 is 0. The molecule has 0 aliphatic carbocycles. The first kappa shape index (κ1) is 64.4. The number of hydrogen-bond donors (Lipinski definition) is 0. The van der Waals surface area contributed by atoms with Gasteiger partial charge in [-0.3, -0.25) is 14.4 Å². The normalized spacial score (nSPS) is 11.9. The van der Waals surface area contributed by atoms with Crippen molar-refractivity contribution < 1.29 is 28.6 Å². The Kier molecular flexibility index (Phi) is 54.7. The van der Waals surface area contributed by atoms with E-state index in [1.807, 2.05) is 0 Å². The van der Waals surface area contributed by atoms with Gasteiger partial charge in [0.1, 0.15) is 13.2 Å². The van der Waals surface area contributed by atoms with Crippen molar-refractivity contribution in [2.24, 2.45) is 0 Å². The highest BCUT2D eigenvalue weighted by Crippen LogP contribution is 2.18. The fourth-order valence-electron chi connectivity index (χ4n) is 9.33. The molecule has 6 nitrogen and oxygen atoms in total. The molecular formula is C60H116O6. The second-order valence-electron chi connectivity index (χ2n) is 20.6. The van der Waals surface area contributed by atoms with Crippen LogP contribution in [0.1, 0.15) is 348 Å². The molecule has 0 bridgehead atoms. The van der Waals surface area contributed by atoms with Gasteiger partial charge in [0, 0.05) is 19.3 Å². The maximum atomic E-state index is 12.9. The van der Waals surface area contributed by atoms with Gasteiger partial charge in [-0.15, -0.1) is 0 Å². The van der Waals surface area contributed by atoms with Gasteiger partial charge in [0.05, 0.1) is 0 Å². The first-order valence-electron chi connectivity index (χ1n) is 30.0. The van der Waals surface area contributed by atoms with Gasteiger partial charge in [-0.1, -0.05) is 310 Å². The van der Waals surface area contributed by atoms with Crippen molar-refractivity contribution in [1.82, 2.24) is 0 Å². The summed E-state index contributed by atoms with van der Waals surface area (Å²) in [5.41, 5.74) is 0. The molecule has 0 aliphatic heterocycles. The Balaban J connectivity index is 4.26. The van der Waals surface area contributed by atoms with E-state index in [4.69, 9.17) is 14.2 Å². The summed E-state index contributed by atoms with van der Waals surface area (Å²) in [6.07, 6.45) is 62.4. The highest BCUT2D eigenvalue weighted by molar-refractivity contribution is 5.71. The van der Waals surface area contributed by atoms with Gasteiger partial charge in [0.2, 0.25) is 0 Å². The minimum atomic E-state index is -0.761. The molecular weight excluding hydrogens is 817 g/mol. The number of carbonyl (C=O) groups is 3. The Morgan fingerprint density at radius 1 is 0.242 bits per heavy atom. The van der Waals surface area contributed by atoms with Crippen molar-refractivity contribution in [3.05, 3.63) is 0 Å². The van der Waals surface area contributed by atoms with Gasteiger partial charge < -0.3 is 14.2 Å². The first-order chi connectivity index (χ1) is 32.5. The van der Waals surface area contributed by atoms with Gasteiger partial charge in [0.15, 0.2) is 6.10 Å². The average molecular weight is 934 g/mol. The maximum absolute atomic E-state index is 12.9. The molecule has 392 valence electrons. The molecule has 0 aromatic rings. The Morgan fingerprint density at radius 3 is 0.606 bits per heavy atom. The van der Waals surface area contributed by atoms with Crippen LogP contribution in [0.5, 0.6) is 0 Å². The SMILES string of the molecule is CCCCCCCCCCCCCCCCCCCCCC(=O)OC[C@H](COC(=O)CCCCCCCCCCCCCCC)OC(=O)CCCCCCCCCCCCCCCCCC. The lowest BCUT2D eigenvalue weighted by atomic mass is 10.0. The molecule has 0 amide bonds. The van der Waals surface area contributed by atoms with E-state index in [1.54, 1.807) is 0 Å². The third-order valence-electron chi connectivity index (χ3n) is 13.9. The highest BCUT2D eigenvalue weighted by atomic mass is 16.6. The van der Waals surface area contributed by atoms with E-state index >= 15 is 0 Å². The smallest absolute Gasteiger partial charge is 0.306 e. The Morgan fingerprint density at radius 2 is 0.409 bits per heavy atom. The van der Waals surface area contributed by atoms with Crippen LogP contribution >= 0.6 is 0 Å². The van der Waals surface area contributed by atoms with E-state index < -0.39 is 6.10 Å². The highest BCUT2D eigenvalue weighted by Gasteiger charge is 2.19. The minimum absolute atomic E-state index is 0.0608. The molecule has 0 fully saturated rings. The van der Waals surface area contributed by atoms with Gasteiger partial charge in [-0.25, -0.2) is 0 Å². The molecule has 0 spiro atoms. The van der Waals surface area contributed by atoms with Crippen LogP contribution in [0.25, 0.3) is 0 Å². The predicted octanol–water partition coefficient (Wildman–Crippen LogP) is 19.9. The molecule has 0 N–H and O–H groups in total. The summed E-state index contributed by atoms with van der Waals surface area (Å²) in [7, 11) is 0. The molecule has 0 aromatic heterocycles. The molecule has 0 radical (unpaired) electrons. The molecule has 0 heterocycles. The van der Waals surface area contributed by atoms with Crippen LogP contribution in [-0.4, -0.2) is 37.2 Å². The van der Waals surface area contributed by atoms with Crippen LogP contribution in [0.3, 0.4) is 0 Å². The van der Waals surface area contributed by atoms with E-state index in [1.165, 1.54) is 250 Å². The lowest BCUT2D eigenvalue weighted by molar-refractivity contribution is -0.167. The van der Waals surface area contributed by atoms with Crippen LogP contribution in [0.4, 0.5) is 0 Å². The average Bonchev–Trinajstić information content (AvgIpc) is 3.31. The molecule has 0 rings (SSSR count). The molecule has 0 unspecified atom stereocenters. The van der Waals surface area contributed by atoms with Crippen molar-refractivity contribution in [2.75, 3.05) is 13.2 Å². The van der Waals surface area contributed by atoms with E-state index in [0.29, 0.717) is 19.3 Å². The number of ether oxygens (including phenoxy) is 3. The third-order valence-corrected chi connectivity index (χ3v) is 13.9. The maximum Gasteiger partial charge on any atom is 0.306 e. The lowest BCUT2D eigenvalue weighted by Crippen LogP contribution is -2.30. The molecule has 0 aromatic carbocycles. The zero-order valence-electron chi connectivity index (χ0n) is 45.0. The molecule has 6 heteroatoms. The van der Waals surface area contributed by atoms with Crippen LogP contribution in [0, 0.1) is 0 Å². The number of esters is 3. The van der Waals surface area contributed by atoms with Crippen molar-refractivity contribution in [1.29, 1.82) is 0 Å². The molecule has 66 heavy (non-hydrogen) atoms. The van der Waals surface area contributed by atoms with Gasteiger partial charge in [0.25, 0.3) is 0 Å². The summed E-state index contributed by atoms with van der Waals surface area (Å²) in [5, 5.41) is 0. The fourth-order valence-corrected chi connectivity index (χ4v) is 9.33. The number of unbranched alkanes of at least 4 members (excludes halogenated alkanes) is 45. The van der Waals surface area contributed by atoms with E-state index in [0.717, 1.165) is 57.8 Å². The van der Waals surface area contributed by atoms with E-state index in [9.17, 15) is 14.4 Å². The zero-order chi connectivity index (χ0) is 47.9. The molecule has 1 atom stereocenters. The Hall–Kier alpha value is -1.59. The standard InChI is InChI=1S/C60H116O6/c1-4-7-10-13-16-19-22-25-27-29-30-31-33-35-38-41-44-47-50-53-59(62)65-56-57(55-64-58(61)52-49-46-43-40-37-34-24-21-18-15-12-9-6-3)66-60(63)54-51-48-45-42-39-36-32-28-26-23-20-17-14-11-8-5-2/h57H,4-56H2,1-3H3/t57-/m0/s1. The molecule has 0 saturated heterocycles. The van der Waals surface area contributed by atoms with Crippen LogP contribution in [0.15, 0.2) is 0 Å².